The molecule has 0 saturated heterocycles. The number of unbranched alkanes of at least 4 members (excludes halogenated alkanes) is 1. The van der Waals surface area contributed by atoms with Crippen LogP contribution in [0.15, 0.2) is 0 Å². The Balaban J connectivity index is 0. The zero-order valence-electron chi connectivity index (χ0n) is 3.62. The Morgan fingerprint density at radius 2 is 1.80 bits per heavy atom. The molecule has 0 radical (unpaired) electrons. The van der Waals surface area contributed by atoms with Gasteiger partial charge in [0.1, 0.15) is 0 Å². The van der Waals surface area contributed by atoms with Gasteiger partial charge < -0.3 is 6.92 Å². The van der Waals surface area contributed by atoms with E-state index in [2.05, 4.69) is 13.8 Å². The second kappa shape index (κ2) is 9.01. The second-order valence-electron chi connectivity index (χ2n) is 0.854. The predicted octanol–water partition coefficient (Wildman–Crippen LogP) is 1.62. The molecule has 30 valence electrons. The van der Waals surface area contributed by atoms with Crippen LogP contribution < -0.4 is 0 Å². The molecule has 0 aliphatic carbocycles. The van der Waals surface area contributed by atoms with Gasteiger partial charge in [0.15, 0.2) is 0 Å². The topological polar surface area (TPSA) is 0 Å². The van der Waals surface area contributed by atoms with E-state index in [1.54, 1.807) is 0 Å². The Hall–Kier alpha value is 1.32. The first-order valence-electron chi connectivity index (χ1n) is 1.71. The summed E-state index contributed by atoms with van der Waals surface area (Å²) in [6.45, 7) is 5.72. The monoisotopic (exact) mass is 289 g/mol. The fraction of sp³-hybridized carbons (Fsp3) is 0.750. The second-order valence-corrected chi connectivity index (χ2v) is 0.854. The minimum Gasteiger partial charge on any atom is -0.343 e. The van der Waals surface area contributed by atoms with Crippen molar-refractivity contribution in [1.29, 1.82) is 0 Å². The Morgan fingerprint density at radius 1 is 1.60 bits per heavy atom. The fourth-order valence-electron chi connectivity index (χ4n) is 0. The van der Waals surface area contributed by atoms with Crippen molar-refractivity contribution in [3.8, 4) is 0 Å². The van der Waals surface area contributed by atoms with Crippen LogP contribution in [-0.2, 0) is 0 Å². The molecule has 0 aromatic heterocycles. The van der Waals surface area contributed by atoms with Crippen molar-refractivity contribution < 1.29 is 39.9 Å². The summed E-state index contributed by atoms with van der Waals surface area (Å²) in [5.41, 5.74) is 0. The molecule has 0 unspecified atom stereocenters. The molecule has 0 aliphatic heterocycles. The molecule has 0 aliphatic rings. The average Bonchev–Trinajstić information content (AvgIpc) is 1.37. The largest absolute Gasteiger partial charge is 0.343 e. The summed E-state index contributed by atoms with van der Waals surface area (Å²) in [7, 11) is 0. The molecule has 0 amide bonds. The summed E-state index contributed by atoms with van der Waals surface area (Å²) in [6, 6.07) is 0. The first kappa shape index (κ1) is 9.59. The summed E-state index contributed by atoms with van der Waals surface area (Å²) >= 11 is 0. The maximum Gasteiger partial charge on any atom is 0 e. The molecule has 0 atom stereocenters. The Labute approximate surface area is 66.0 Å². The third-order valence-electron chi connectivity index (χ3n) is 0.354. The molecule has 5 heavy (non-hydrogen) atoms. The van der Waals surface area contributed by atoms with E-state index in [-0.39, 0.29) is 39.9 Å². The Kier molecular flexibility index (Phi) is 17.3. The van der Waals surface area contributed by atoms with E-state index < -0.39 is 0 Å². The number of rotatable bonds is 1. The van der Waals surface area contributed by atoms with Gasteiger partial charge in [0.05, 0.1) is 0 Å². The molecule has 1 heteroatoms. The molecular weight excluding hydrogens is 280 g/mol. The third kappa shape index (κ3) is 10.9. The van der Waals surface area contributed by atoms with Gasteiger partial charge >= 0.3 is 0 Å². The van der Waals surface area contributed by atoms with Gasteiger partial charge in [-0.1, -0.05) is 13.3 Å². The molecule has 0 aromatic rings. The van der Waals surface area contributed by atoms with Crippen molar-refractivity contribution in [2.24, 2.45) is 0 Å². The molecule has 0 N–H and O–H groups in total. The maximum atomic E-state index is 3.60. The molecule has 0 heterocycles. The SMILES string of the molecule is [CH2-]CCC.[Th]. The summed E-state index contributed by atoms with van der Waals surface area (Å²) in [4.78, 5) is 0. The predicted molar refractivity (Wildman–Crippen MR) is 20.3 cm³/mol. The van der Waals surface area contributed by atoms with Gasteiger partial charge in [-0.3, -0.25) is 0 Å². The van der Waals surface area contributed by atoms with E-state index in [4.69, 9.17) is 0 Å². The molecule has 0 spiro atoms. The van der Waals surface area contributed by atoms with Crippen LogP contribution in [0, 0.1) is 46.9 Å². The molecule has 0 rings (SSSR count). The number of hydrogen-bond donors (Lipinski definition) is 0. The van der Waals surface area contributed by atoms with Crippen molar-refractivity contribution >= 4 is 0 Å². The van der Waals surface area contributed by atoms with Crippen LogP contribution in [0.5, 0.6) is 0 Å². The smallest absolute Gasteiger partial charge is 0 e. The van der Waals surface area contributed by atoms with Crippen molar-refractivity contribution in [3.63, 3.8) is 0 Å². The van der Waals surface area contributed by atoms with E-state index in [0.29, 0.717) is 0 Å². The average molecular weight is 289 g/mol. The van der Waals surface area contributed by atoms with E-state index in [9.17, 15) is 0 Å². The Bertz CT molecular complexity index is 5.61. The summed E-state index contributed by atoms with van der Waals surface area (Å²) in [6.07, 6.45) is 2.28. The molecule has 0 fully saturated rings. The standard InChI is InChI=1S/C4H9.Th/c1-3-4-2;/h1,3-4H2,2H3;/q-1;. The van der Waals surface area contributed by atoms with E-state index >= 15 is 0 Å². The molecule has 0 aromatic carbocycles. The van der Waals surface area contributed by atoms with Gasteiger partial charge in [-0.25, -0.2) is 0 Å². The maximum absolute atomic E-state index is 3.60. The number of hydrogen-bond acceptors (Lipinski definition) is 0. The van der Waals surface area contributed by atoms with Crippen LogP contribution in [0.25, 0.3) is 0 Å². The minimum atomic E-state index is 0. The van der Waals surface area contributed by atoms with Gasteiger partial charge in [-0.15, -0.1) is 0 Å². The molecule has 0 saturated carbocycles. The molecule has 0 bridgehead atoms. The van der Waals surface area contributed by atoms with Gasteiger partial charge in [0, 0.05) is 39.9 Å². The zero-order valence-corrected chi connectivity index (χ0v) is 7.73. The minimum absolute atomic E-state index is 0. The van der Waals surface area contributed by atoms with Crippen LogP contribution >= 0.6 is 0 Å². The fourth-order valence-corrected chi connectivity index (χ4v) is 0. The van der Waals surface area contributed by atoms with Crippen LogP contribution in [0.4, 0.5) is 0 Å². The normalized spacial score (nSPS) is 6.00. The first-order valence-corrected chi connectivity index (χ1v) is 1.71. The van der Waals surface area contributed by atoms with Crippen molar-refractivity contribution in [3.05, 3.63) is 6.92 Å². The van der Waals surface area contributed by atoms with Gasteiger partial charge in [0.2, 0.25) is 0 Å². The van der Waals surface area contributed by atoms with Crippen LogP contribution in [0.1, 0.15) is 19.8 Å². The zero-order chi connectivity index (χ0) is 3.41. The van der Waals surface area contributed by atoms with Crippen LogP contribution in [0.2, 0.25) is 0 Å². The summed E-state index contributed by atoms with van der Waals surface area (Å²) in [5, 5.41) is 0. The third-order valence-corrected chi connectivity index (χ3v) is 0.354. The van der Waals surface area contributed by atoms with E-state index in [1.165, 1.54) is 6.42 Å². The van der Waals surface area contributed by atoms with Crippen molar-refractivity contribution in [1.82, 2.24) is 0 Å². The molecular formula is C4H9Th-. The molecule has 0 nitrogen and oxygen atoms in total. The Morgan fingerprint density at radius 3 is 1.80 bits per heavy atom. The first-order chi connectivity index (χ1) is 1.91. The van der Waals surface area contributed by atoms with Gasteiger partial charge in [0.25, 0.3) is 0 Å². The van der Waals surface area contributed by atoms with Crippen molar-refractivity contribution in [2.45, 2.75) is 19.8 Å². The van der Waals surface area contributed by atoms with Crippen LogP contribution in [-0.4, -0.2) is 0 Å². The van der Waals surface area contributed by atoms with Crippen molar-refractivity contribution in [2.75, 3.05) is 0 Å². The van der Waals surface area contributed by atoms with E-state index in [1.807, 2.05) is 0 Å². The van der Waals surface area contributed by atoms with Gasteiger partial charge in [-0.05, 0) is 0 Å². The van der Waals surface area contributed by atoms with Crippen LogP contribution in [0.3, 0.4) is 0 Å². The quantitative estimate of drug-likeness (QED) is 0.644. The van der Waals surface area contributed by atoms with E-state index in [0.717, 1.165) is 6.42 Å². The van der Waals surface area contributed by atoms with Gasteiger partial charge in [-0.2, -0.15) is 6.42 Å². The summed E-state index contributed by atoms with van der Waals surface area (Å²) in [5.74, 6) is 0. The summed E-state index contributed by atoms with van der Waals surface area (Å²) < 4.78 is 0.